The molecular formula is C18H18O5. The molecule has 0 fully saturated rings. The lowest BCUT2D eigenvalue weighted by Crippen LogP contribution is -1.96. The maximum Gasteiger partial charge on any atom is 0.189 e. The van der Waals surface area contributed by atoms with Crippen LogP contribution in [0, 0.1) is 0 Å². The third-order valence-corrected chi connectivity index (χ3v) is 3.32. The van der Waals surface area contributed by atoms with Crippen LogP contribution in [0.3, 0.4) is 0 Å². The molecule has 2 aromatic carbocycles. The predicted molar refractivity (Wildman–Crippen MR) is 87.6 cm³/mol. The fraction of sp³-hybridized carbons (Fsp3) is 0.167. The van der Waals surface area contributed by atoms with E-state index in [2.05, 4.69) is 0 Å². The minimum atomic E-state index is -0.334. The summed E-state index contributed by atoms with van der Waals surface area (Å²) in [4.78, 5) is 12.3. The van der Waals surface area contributed by atoms with Crippen molar-refractivity contribution in [2.24, 2.45) is 0 Å². The molecule has 0 spiro atoms. The van der Waals surface area contributed by atoms with E-state index < -0.39 is 0 Å². The summed E-state index contributed by atoms with van der Waals surface area (Å²) in [7, 11) is 4.61. The van der Waals surface area contributed by atoms with Gasteiger partial charge in [0.15, 0.2) is 5.78 Å². The van der Waals surface area contributed by atoms with E-state index in [1.54, 1.807) is 44.6 Å². The highest BCUT2D eigenvalue weighted by molar-refractivity contribution is 6.08. The van der Waals surface area contributed by atoms with Gasteiger partial charge < -0.3 is 19.3 Å². The lowest BCUT2D eigenvalue weighted by atomic mass is 10.1. The van der Waals surface area contributed by atoms with Gasteiger partial charge in [-0.1, -0.05) is 0 Å². The summed E-state index contributed by atoms with van der Waals surface area (Å²) in [6.07, 6.45) is 3.00. The van der Waals surface area contributed by atoms with Crippen molar-refractivity contribution in [3.63, 3.8) is 0 Å². The van der Waals surface area contributed by atoms with Gasteiger partial charge in [-0.15, -0.1) is 0 Å². The summed E-state index contributed by atoms with van der Waals surface area (Å²) in [6, 6.07) is 9.79. The van der Waals surface area contributed by atoms with Crippen LogP contribution >= 0.6 is 0 Å². The van der Waals surface area contributed by atoms with E-state index >= 15 is 0 Å². The number of aromatic hydroxyl groups is 1. The SMILES string of the molecule is COc1ccc(/C=C/C(=O)c2cc(OC)ccc2O)c(OC)c1. The minimum Gasteiger partial charge on any atom is -0.507 e. The zero-order chi connectivity index (χ0) is 16.8. The van der Waals surface area contributed by atoms with Crippen LogP contribution in [0.25, 0.3) is 6.08 Å². The summed E-state index contributed by atoms with van der Waals surface area (Å²) >= 11 is 0. The molecule has 0 heterocycles. The molecule has 0 aliphatic heterocycles. The quantitative estimate of drug-likeness (QED) is 0.654. The molecule has 0 radical (unpaired) electrons. The average Bonchev–Trinajstić information content (AvgIpc) is 2.59. The van der Waals surface area contributed by atoms with Gasteiger partial charge in [0.2, 0.25) is 0 Å². The van der Waals surface area contributed by atoms with E-state index in [9.17, 15) is 9.90 Å². The van der Waals surface area contributed by atoms with Gasteiger partial charge in [0, 0.05) is 11.6 Å². The number of benzene rings is 2. The molecule has 0 amide bonds. The first-order valence-electron chi connectivity index (χ1n) is 6.90. The topological polar surface area (TPSA) is 65.0 Å². The number of hydrogen-bond acceptors (Lipinski definition) is 5. The van der Waals surface area contributed by atoms with Crippen molar-refractivity contribution in [3.8, 4) is 23.0 Å². The molecule has 0 atom stereocenters. The van der Waals surface area contributed by atoms with Crippen molar-refractivity contribution in [3.05, 3.63) is 53.6 Å². The summed E-state index contributed by atoms with van der Waals surface area (Å²) in [5, 5.41) is 9.82. The van der Waals surface area contributed by atoms with Crippen LogP contribution < -0.4 is 14.2 Å². The van der Waals surface area contributed by atoms with Crippen LogP contribution in [0.5, 0.6) is 23.0 Å². The van der Waals surface area contributed by atoms with Crippen molar-refractivity contribution in [1.82, 2.24) is 0 Å². The first kappa shape index (κ1) is 16.4. The van der Waals surface area contributed by atoms with Crippen molar-refractivity contribution >= 4 is 11.9 Å². The molecular weight excluding hydrogens is 296 g/mol. The highest BCUT2D eigenvalue weighted by Gasteiger charge is 2.10. The molecule has 0 saturated heterocycles. The normalized spacial score (nSPS) is 10.6. The summed E-state index contributed by atoms with van der Waals surface area (Å²) < 4.78 is 15.5. The van der Waals surface area contributed by atoms with E-state index in [0.717, 1.165) is 5.56 Å². The number of carbonyl (C=O) groups excluding carboxylic acids is 1. The Kier molecular flexibility index (Phi) is 5.25. The van der Waals surface area contributed by atoms with Crippen LogP contribution in [0.1, 0.15) is 15.9 Å². The Balaban J connectivity index is 2.28. The number of ether oxygens (including phenoxy) is 3. The van der Waals surface area contributed by atoms with Gasteiger partial charge in [-0.05, 0) is 42.5 Å². The zero-order valence-corrected chi connectivity index (χ0v) is 13.2. The lowest BCUT2D eigenvalue weighted by Gasteiger charge is -2.07. The standard InChI is InChI=1S/C18H18O5/c1-21-13-7-9-17(20)15(10-13)16(19)8-5-12-4-6-14(22-2)11-18(12)23-3/h4-11,20H,1-3H3/b8-5+. The van der Waals surface area contributed by atoms with Crippen LogP contribution in [0.4, 0.5) is 0 Å². The molecule has 0 aliphatic rings. The number of allylic oxidation sites excluding steroid dienone is 1. The van der Waals surface area contributed by atoms with Crippen LogP contribution in [-0.4, -0.2) is 32.2 Å². The molecule has 23 heavy (non-hydrogen) atoms. The lowest BCUT2D eigenvalue weighted by molar-refractivity contribution is 0.104. The van der Waals surface area contributed by atoms with Gasteiger partial charge in [-0.3, -0.25) is 4.79 Å². The molecule has 5 nitrogen and oxygen atoms in total. The third-order valence-electron chi connectivity index (χ3n) is 3.32. The summed E-state index contributed by atoms with van der Waals surface area (Å²) in [5.74, 6) is 1.32. The average molecular weight is 314 g/mol. The third kappa shape index (κ3) is 3.83. The highest BCUT2D eigenvalue weighted by Crippen LogP contribution is 2.27. The van der Waals surface area contributed by atoms with Gasteiger partial charge in [0.25, 0.3) is 0 Å². The molecule has 0 aliphatic carbocycles. The van der Waals surface area contributed by atoms with Crippen molar-refractivity contribution in [1.29, 1.82) is 0 Å². The maximum absolute atomic E-state index is 12.3. The predicted octanol–water partition coefficient (Wildman–Crippen LogP) is 3.31. The molecule has 1 N–H and O–H groups in total. The summed E-state index contributed by atoms with van der Waals surface area (Å²) in [6.45, 7) is 0. The van der Waals surface area contributed by atoms with Crippen molar-refractivity contribution < 1.29 is 24.1 Å². The second kappa shape index (κ2) is 7.35. The Morgan fingerprint density at radius 2 is 1.61 bits per heavy atom. The smallest absolute Gasteiger partial charge is 0.189 e. The van der Waals surface area contributed by atoms with Crippen LogP contribution in [0.2, 0.25) is 0 Å². The minimum absolute atomic E-state index is 0.0952. The fourth-order valence-electron chi connectivity index (χ4n) is 2.05. The number of phenols is 1. The van der Waals surface area contributed by atoms with Crippen molar-refractivity contribution in [2.75, 3.05) is 21.3 Å². The number of ketones is 1. The number of carbonyl (C=O) groups is 1. The Morgan fingerprint density at radius 3 is 2.26 bits per heavy atom. The van der Waals surface area contributed by atoms with Crippen LogP contribution in [0.15, 0.2) is 42.5 Å². The monoisotopic (exact) mass is 314 g/mol. The molecule has 2 rings (SSSR count). The molecule has 0 saturated carbocycles. The van der Waals surface area contributed by atoms with E-state index in [-0.39, 0.29) is 17.1 Å². The number of phenolic OH excluding ortho intramolecular Hbond substituents is 1. The number of rotatable bonds is 6. The van der Waals surface area contributed by atoms with E-state index in [0.29, 0.717) is 17.2 Å². The number of methoxy groups -OCH3 is 3. The fourth-order valence-corrected chi connectivity index (χ4v) is 2.05. The van der Waals surface area contributed by atoms with E-state index in [1.807, 2.05) is 0 Å². The van der Waals surface area contributed by atoms with Gasteiger partial charge in [-0.2, -0.15) is 0 Å². The Bertz CT molecular complexity index is 734. The molecule has 0 unspecified atom stereocenters. The Labute approximate surface area is 134 Å². The Hall–Kier alpha value is -2.95. The zero-order valence-electron chi connectivity index (χ0n) is 13.2. The second-order valence-electron chi connectivity index (χ2n) is 4.69. The first-order valence-corrected chi connectivity index (χ1v) is 6.90. The Morgan fingerprint density at radius 1 is 0.957 bits per heavy atom. The first-order chi connectivity index (χ1) is 11.1. The molecule has 0 bridgehead atoms. The molecule has 120 valence electrons. The summed E-state index contributed by atoms with van der Waals surface area (Å²) in [5.41, 5.74) is 0.900. The second-order valence-corrected chi connectivity index (χ2v) is 4.69. The molecule has 0 aromatic heterocycles. The maximum atomic E-state index is 12.3. The van der Waals surface area contributed by atoms with Gasteiger partial charge in [-0.25, -0.2) is 0 Å². The van der Waals surface area contributed by atoms with Gasteiger partial charge in [0.05, 0.1) is 26.9 Å². The highest BCUT2D eigenvalue weighted by atomic mass is 16.5. The van der Waals surface area contributed by atoms with E-state index in [4.69, 9.17) is 14.2 Å². The van der Waals surface area contributed by atoms with Crippen molar-refractivity contribution in [2.45, 2.75) is 0 Å². The van der Waals surface area contributed by atoms with Gasteiger partial charge >= 0.3 is 0 Å². The largest absolute Gasteiger partial charge is 0.507 e. The molecule has 2 aromatic rings. The molecule has 5 heteroatoms. The van der Waals surface area contributed by atoms with Gasteiger partial charge in [0.1, 0.15) is 23.0 Å². The van der Waals surface area contributed by atoms with E-state index in [1.165, 1.54) is 25.3 Å². The number of hydrogen-bond donors (Lipinski definition) is 1. The van der Waals surface area contributed by atoms with Crippen LogP contribution in [-0.2, 0) is 0 Å².